The van der Waals surface area contributed by atoms with Gasteiger partial charge in [0.05, 0.1) is 23.4 Å². The maximum atomic E-state index is 13.3. The zero-order chi connectivity index (χ0) is 17.1. The summed E-state index contributed by atoms with van der Waals surface area (Å²) in [6, 6.07) is 17.4. The fraction of sp³-hybridized carbons (Fsp3) is 0.0952. The first kappa shape index (κ1) is 14.1. The van der Waals surface area contributed by atoms with Gasteiger partial charge in [-0.3, -0.25) is 4.79 Å². The first-order valence-corrected chi connectivity index (χ1v) is 8.10. The van der Waals surface area contributed by atoms with Gasteiger partial charge in [-0.15, -0.1) is 0 Å². The second kappa shape index (κ2) is 4.86. The summed E-state index contributed by atoms with van der Waals surface area (Å²) in [7, 11) is 3.58. The third-order valence-electron chi connectivity index (χ3n) is 4.90. The Morgan fingerprint density at radius 2 is 1.68 bits per heavy atom. The Morgan fingerprint density at radius 1 is 0.960 bits per heavy atom. The average molecular weight is 329 g/mol. The van der Waals surface area contributed by atoms with Crippen LogP contribution in [-0.4, -0.2) is 11.7 Å². The molecule has 3 aromatic carbocycles. The number of aryl methyl sites for hydroxylation is 1. The van der Waals surface area contributed by atoms with Gasteiger partial charge in [0, 0.05) is 23.3 Å². The summed E-state index contributed by atoms with van der Waals surface area (Å²) in [5.74, 6) is 0.571. The maximum Gasteiger partial charge on any atom is 0.202 e. The highest BCUT2D eigenvalue weighted by Gasteiger charge is 2.20. The first-order valence-electron chi connectivity index (χ1n) is 8.10. The Labute approximate surface area is 142 Å². The molecule has 0 atom stereocenters. The summed E-state index contributed by atoms with van der Waals surface area (Å²) in [6.07, 6.45) is 0. The number of aromatic nitrogens is 1. The van der Waals surface area contributed by atoms with Crippen molar-refractivity contribution in [2.45, 2.75) is 0 Å². The van der Waals surface area contributed by atoms with Gasteiger partial charge in [-0.1, -0.05) is 30.3 Å². The van der Waals surface area contributed by atoms with Crippen molar-refractivity contribution in [3.63, 3.8) is 0 Å². The van der Waals surface area contributed by atoms with Gasteiger partial charge in [0.1, 0.15) is 5.58 Å². The van der Waals surface area contributed by atoms with Crippen LogP contribution in [0.15, 0.2) is 63.8 Å². The first-order chi connectivity index (χ1) is 12.2. The van der Waals surface area contributed by atoms with Crippen LogP contribution in [0.3, 0.4) is 0 Å². The van der Waals surface area contributed by atoms with Gasteiger partial charge in [-0.25, -0.2) is 0 Å². The van der Waals surface area contributed by atoms with E-state index >= 15 is 0 Å². The van der Waals surface area contributed by atoms with E-state index in [2.05, 4.69) is 16.7 Å². The van der Waals surface area contributed by atoms with Crippen molar-refractivity contribution < 1.29 is 9.15 Å². The number of nitrogens with zero attached hydrogens (tertiary/aromatic N) is 1. The van der Waals surface area contributed by atoms with E-state index in [-0.39, 0.29) is 5.43 Å². The minimum Gasteiger partial charge on any atom is -0.493 e. The van der Waals surface area contributed by atoms with Crippen LogP contribution in [0.5, 0.6) is 5.75 Å². The molecule has 5 aromatic rings. The monoisotopic (exact) mass is 329 g/mol. The summed E-state index contributed by atoms with van der Waals surface area (Å²) in [6.45, 7) is 0. The molecule has 0 amide bonds. The molecule has 0 aliphatic carbocycles. The van der Waals surface area contributed by atoms with Gasteiger partial charge in [-0.05, 0) is 24.3 Å². The highest BCUT2D eigenvalue weighted by atomic mass is 16.5. The lowest BCUT2D eigenvalue weighted by Gasteiger charge is -2.09. The Balaban J connectivity index is 2.18. The molecule has 2 aromatic heterocycles. The predicted octanol–water partition coefficient (Wildman–Crippen LogP) is 4.60. The molecule has 0 saturated carbocycles. The van der Waals surface area contributed by atoms with Crippen LogP contribution < -0.4 is 10.2 Å². The van der Waals surface area contributed by atoms with Gasteiger partial charge in [0.2, 0.25) is 5.43 Å². The van der Waals surface area contributed by atoms with Crippen molar-refractivity contribution in [3.05, 3.63) is 64.8 Å². The van der Waals surface area contributed by atoms with Crippen molar-refractivity contribution in [1.29, 1.82) is 0 Å². The zero-order valence-electron chi connectivity index (χ0n) is 13.9. The van der Waals surface area contributed by atoms with Crippen LogP contribution >= 0.6 is 0 Å². The SMILES string of the molecule is COc1cc2c3ccccc3n(C)c2c2c(=O)c3ccccc3oc12. The number of hydrogen-bond acceptors (Lipinski definition) is 3. The topological polar surface area (TPSA) is 44.4 Å². The third-order valence-corrected chi connectivity index (χ3v) is 4.90. The van der Waals surface area contributed by atoms with Crippen molar-refractivity contribution in [2.75, 3.05) is 7.11 Å². The van der Waals surface area contributed by atoms with E-state index < -0.39 is 0 Å². The Hall–Kier alpha value is -3.27. The summed E-state index contributed by atoms with van der Waals surface area (Å²) in [5, 5.41) is 3.22. The van der Waals surface area contributed by atoms with Crippen LogP contribution in [0.1, 0.15) is 0 Å². The predicted molar refractivity (Wildman–Crippen MR) is 101 cm³/mol. The Kier molecular flexibility index (Phi) is 2.74. The van der Waals surface area contributed by atoms with E-state index in [0.29, 0.717) is 27.7 Å². The summed E-state index contributed by atoms with van der Waals surface area (Å²) in [4.78, 5) is 13.3. The number of methoxy groups -OCH3 is 1. The van der Waals surface area contributed by atoms with E-state index in [4.69, 9.17) is 9.15 Å². The molecule has 2 heterocycles. The van der Waals surface area contributed by atoms with Gasteiger partial charge < -0.3 is 13.7 Å². The minimum atomic E-state index is -0.0355. The minimum absolute atomic E-state index is 0.0355. The van der Waals surface area contributed by atoms with Crippen LogP contribution in [-0.2, 0) is 7.05 Å². The lowest BCUT2D eigenvalue weighted by Crippen LogP contribution is -2.05. The van der Waals surface area contributed by atoms with E-state index in [1.54, 1.807) is 19.2 Å². The number of hydrogen-bond donors (Lipinski definition) is 0. The smallest absolute Gasteiger partial charge is 0.202 e. The van der Waals surface area contributed by atoms with Gasteiger partial charge in [-0.2, -0.15) is 0 Å². The number of ether oxygens (including phenoxy) is 1. The van der Waals surface area contributed by atoms with E-state index in [0.717, 1.165) is 21.8 Å². The lowest BCUT2D eigenvalue weighted by atomic mass is 10.1. The highest BCUT2D eigenvalue weighted by molar-refractivity contribution is 6.19. The molecule has 122 valence electrons. The molecule has 0 aliphatic rings. The van der Waals surface area contributed by atoms with E-state index in [9.17, 15) is 4.79 Å². The summed E-state index contributed by atoms with van der Waals surface area (Å²) < 4.78 is 13.7. The molecule has 4 heteroatoms. The third kappa shape index (κ3) is 1.74. The summed E-state index contributed by atoms with van der Waals surface area (Å²) in [5.41, 5.74) is 2.96. The number of rotatable bonds is 1. The molecule has 0 spiro atoms. The largest absolute Gasteiger partial charge is 0.493 e. The zero-order valence-corrected chi connectivity index (χ0v) is 13.9. The van der Waals surface area contributed by atoms with Gasteiger partial charge in [0.15, 0.2) is 11.3 Å². The fourth-order valence-corrected chi connectivity index (χ4v) is 3.75. The number of fused-ring (bicyclic) bond motifs is 6. The second-order valence-corrected chi connectivity index (χ2v) is 6.18. The number of benzene rings is 3. The lowest BCUT2D eigenvalue weighted by molar-refractivity contribution is 0.412. The van der Waals surface area contributed by atoms with Crippen molar-refractivity contribution in [1.82, 2.24) is 4.57 Å². The van der Waals surface area contributed by atoms with Crippen molar-refractivity contribution in [2.24, 2.45) is 7.05 Å². The number of para-hydroxylation sites is 2. The van der Waals surface area contributed by atoms with Crippen LogP contribution in [0.4, 0.5) is 0 Å². The van der Waals surface area contributed by atoms with Crippen molar-refractivity contribution in [3.8, 4) is 5.75 Å². The molecule has 0 unspecified atom stereocenters. The molecular formula is C21H15NO3. The maximum absolute atomic E-state index is 13.3. The standard InChI is InChI=1S/C21H15NO3/c1-22-15-9-5-3-7-12(15)14-11-17(24-2)21-18(19(14)22)20(23)13-8-4-6-10-16(13)25-21/h3-11H,1-2H3. The molecule has 0 fully saturated rings. The fourth-order valence-electron chi connectivity index (χ4n) is 3.75. The normalized spacial score (nSPS) is 11.8. The van der Waals surface area contributed by atoms with Gasteiger partial charge >= 0.3 is 0 Å². The molecular weight excluding hydrogens is 314 g/mol. The quantitative estimate of drug-likeness (QED) is 0.422. The second-order valence-electron chi connectivity index (χ2n) is 6.18. The molecule has 25 heavy (non-hydrogen) atoms. The molecule has 0 aliphatic heterocycles. The van der Waals surface area contributed by atoms with Crippen molar-refractivity contribution >= 4 is 43.7 Å². The molecule has 4 nitrogen and oxygen atoms in total. The van der Waals surface area contributed by atoms with Gasteiger partial charge in [0.25, 0.3) is 0 Å². The molecule has 0 saturated heterocycles. The van der Waals surface area contributed by atoms with E-state index in [1.165, 1.54) is 0 Å². The molecule has 5 rings (SSSR count). The molecule has 0 bridgehead atoms. The Morgan fingerprint density at radius 3 is 2.48 bits per heavy atom. The molecule has 0 radical (unpaired) electrons. The average Bonchev–Trinajstić information content (AvgIpc) is 2.94. The van der Waals surface area contributed by atoms with Crippen LogP contribution in [0.2, 0.25) is 0 Å². The highest BCUT2D eigenvalue weighted by Crippen LogP contribution is 2.38. The van der Waals surface area contributed by atoms with Crippen LogP contribution in [0.25, 0.3) is 43.7 Å². The molecule has 0 N–H and O–H groups in total. The summed E-state index contributed by atoms with van der Waals surface area (Å²) >= 11 is 0. The van der Waals surface area contributed by atoms with Crippen LogP contribution in [0, 0.1) is 0 Å². The Bertz CT molecular complexity index is 1360. The van der Waals surface area contributed by atoms with E-state index in [1.807, 2.05) is 37.4 Å².